The Kier molecular flexibility index (Phi) is 5.86. The zero-order chi connectivity index (χ0) is 21.1. The Hall–Kier alpha value is -2.73. The molecule has 0 aromatic heterocycles. The Morgan fingerprint density at radius 3 is 2.37 bits per heavy atom. The number of likely N-dealkylation sites (tertiary alicyclic amines) is 1. The molecule has 2 aliphatic rings. The fourth-order valence-corrected chi connectivity index (χ4v) is 4.69. The summed E-state index contributed by atoms with van der Waals surface area (Å²) in [5, 5.41) is 0. The molecule has 0 atom stereocenters. The number of anilines is 1. The quantitative estimate of drug-likeness (QED) is 0.713. The van der Waals surface area contributed by atoms with Crippen molar-refractivity contribution in [1.82, 2.24) is 9.80 Å². The predicted molar refractivity (Wildman–Crippen MR) is 115 cm³/mol. The van der Waals surface area contributed by atoms with E-state index in [2.05, 4.69) is 21.9 Å². The molecule has 0 bridgehead atoms. The average Bonchev–Trinajstić information content (AvgIpc) is 3.01. The lowest BCUT2D eigenvalue weighted by molar-refractivity contribution is -0.132. The van der Waals surface area contributed by atoms with E-state index in [4.69, 9.17) is 0 Å². The molecule has 5 nitrogen and oxygen atoms in total. The number of piperidine rings is 1. The Morgan fingerprint density at radius 2 is 1.70 bits per heavy atom. The number of hydrogen-bond acceptors (Lipinski definition) is 4. The minimum absolute atomic E-state index is 0.0475. The summed E-state index contributed by atoms with van der Waals surface area (Å²) in [4.78, 5) is 31.8. The van der Waals surface area contributed by atoms with Crippen LogP contribution in [0.15, 0.2) is 54.6 Å². The first-order valence-electron chi connectivity index (χ1n) is 10.6. The van der Waals surface area contributed by atoms with Crippen LogP contribution >= 0.6 is 0 Å². The molecule has 2 saturated heterocycles. The maximum absolute atomic E-state index is 13.1. The predicted octanol–water partition coefficient (Wildman–Crippen LogP) is 3.56. The van der Waals surface area contributed by atoms with E-state index in [0.29, 0.717) is 18.7 Å². The van der Waals surface area contributed by atoms with Crippen molar-refractivity contribution < 1.29 is 14.0 Å². The van der Waals surface area contributed by atoms with Gasteiger partial charge in [-0.2, -0.15) is 0 Å². The second kappa shape index (κ2) is 8.56. The van der Waals surface area contributed by atoms with Gasteiger partial charge in [0.25, 0.3) is 0 Å². The Morgan fingerprint density at radius 1 is 1.03 bits per heavy atom. The molecule has 2 heterocycles. The van der Waals surface area contributed by atoms with E-state index in [0.717, 1.165) is 44.6 Å². The summed E-state index contributed by atoms with van der Waals surface area (Å²) in [5.41, 5.74) is 1.19. The SMILES string of the molecule is [11CH3]N1[11CH2]N([11c]2[11cH][11cH][11cH][11cH][11cH]2)[11C]2([11CH2][11CH2]N([11CH2][11CH2][11CH2][11C](=O)[11c]3[11cH][11cH][11c](F)[11cH][11cH]3)[11CH2][11CH2]2)[11C]1=O. The third-order valence-electron chi connectivity index (χ3n) is 6.41. The highest BCUT2D eigenvalue weighted by Crippen LogP contribution is 2.38. The number of likely N-dealkylation sites (N-methyl/N-ethyl adjacent to an activating group) is 1. The number of nitrogens with zero attached hydrogens (tertiary/aromatic N) is 3. The zero-order valence-corrected chi connectivity index (χ0v) is 17.4. The first-order valence-corrected chi connectivity index (χ1v) is 10.6. The van der Waals surface area contributed by atoms with E-state index in [1.807, 2.05) is 30.1 Å². The number of carbonyl (C=O) groups excluding carboxylic acids is 2. The lowest BCUT2D eigenvalue weighted by atomic mass is 8.90. The lowest BCUT2D eigenvalue weighted by Gasteiger charge is -2.43. The van der Waals surface area contributed by atoms with Gasteiger partial charge in [0.05, 0.1) is 6.67 Å². The molecule has 2 aromatic carbocycles. The number of rotatable bonds is 6. The number of hydrogen-bond donors (Lipinski definition) is 0. The lowest BCUT2D eigenvalue weighted by Crippen LogP contribution is -2.56. The molecule has 0 saturated carbocycles. The van der Waals surface area contributed by atoms with Crippen molar-refractivity contribution in [3.8, 4) is 0 Å². The molecule has 1 spiro atoms. The van der Waals surface area contributed by atoms with Crippen LogP contribution in [0.3, 0.4) is 0 Å². The maximum atomic E-state index is 13.1. The van der Waals surface area contributed by atoms with Crippen LogP contribution in [-0.2, 0) is 4.79 Å². The van der Waals surface area contributed by atoms with E-state index < -0.39 is 5.54 Å². The molecule has 30 heavy (non-hydrogen) atoms. The number of benzene rings is 2. The molecule has 4 rings (SSSR count). The first kappa shape index (κ1) is 20.5. The van der Waals surface area contributed by atoms with Crippen molar-refractivity contribution in [3.05, 3.63) is 66.0 Å². The molecule has 0 unspecified atom stereocenters. The van der Waals surface area contributed by atoms with Gasteiger partial charge in [0.2, 0.25) is 5.91 Å². The average molecular weight is 386 g/mol. The van der Waals surface area contributed by atoms with E-state index in [1.165, 1.54) is 12.1 Å². The molecular formula is C24H28FN3O2. The third kappa shape index (κ3) is 3.97. The van der Waals surface area contributed by atoms with Gasteiger partial charge >= 0.3 is 0 Å². The summed E-state index contributed by atoms with van der Waals surface area (Å²) >= 11 is 0. The minimum atomic E-state index is -0.462. The molecule has 0 aliphatic carbocycles. The van der Waals surface area contributed by atoms with Gasteiger partial charge < -0.3 is 14.7 Å². The summed E-state index contributed by atoms with van der Waals surface area (Å²) in [7, 11) is 1.88. The molecular weight excluding hydrogens is 357 g/mol. The zero-order valence-electron chi connectivity index (χ0n) is 17.4. The topological polar surface area (TPSA) is 43.9 Å². The summed E-state index contributed by atoms with van der Waals surface area (Å²) in [6.45, 7) is 3.13. The fourth-order valence-electron chi connectivity index (χ4n) is 4.69. The van der Waals surface area contributed by atoms with Crippen LogP contribution in [0.2, 0.25) is 0 Å². The van der Waals surface area contributed by atoms with Crippen LogP contribution < -0.4 is 4.90 Å². The summed E-state index contributed by atoms with van der Waals surface area (Å²) in [5.74, 6) is -0.0748. The van der Waals surface area contributed by atoms with Crippen molar-refractivity contribution in [3.63, 3.8) is 0 Å². The smallest absolute Gasteiger partial charge is 0.249 e. The number of ketones is 1. The number of amides is 1. The molecule has 0 radical (unpaired) electrons. The number of para-hydroxylation sites is 1. The van der Waals surface area contributed by atoms with Crippen LogP contribution in [0.5, 0.6) is 0 Å². The van der Waals surface area contributed by atoms with E-state index in [-0.39, 0.29) is 17.5 Å². The normalized spacial score (nSPS) is 18.9. The highest BCUT2D eigenvalue weighted by Gasteiger charge is 2.52. The van der Waals surface area contributed by atoms with Gasteiger partial charge in [-0.25, -0.2) is 4.39 Å². The fraction of sp³-hybridized carbons (Fsp3) is 0.417. The third-order valence-corrected chi connectivity index (χ3v) is 6.41. The van der Waals surface area contributed by atoms with E-state index in [1.54, 1.807) is 12.1 Å². The Labute approximate surface area is 177 Å². The first-order chi connectivity index (χ1) is 14.5. The van der Waals surface area contributed by atoms with Crippen molar-refractivity contribution in [2.24, 2.45) is 0 Å². The van der Waals surface area contributed by atoms with Gasteiger partial charge in [-0.3, -0.25) is 9.59 Å². The molecule has 1 amide bonds. The standard InChI is InChI=1S/C24H28FN3O2/c1-26-18-28(21-6-3-2-4-7-21)24(23(26)30)13-16-27(17-14-24)15-5-8-22(29)19-9-11-20(25)12-10-19/h2-4,6-7,9-12H,5,8,13-18H2,1H3/i1-1,2-1,3-1,4-1,5-1,6-1,7-1,8-1,9-1,10-1,11-1,12-1,13-1,14-1,15-1,16-1,17-1,18-1,19-1,20-1,21-1,22-1,23-1,24-1. The van der Waals surface area contributed by atoms with Gasteiger partial charge in [0.1, 0.15) is 11.4 Å². The molecule has 2 aliphatic heterocycles. The van der Waals surface area contributed by atoms with Crippen LogP contribution in [0, 0.1) is 5.82 Å². The van der Waals surface area contributed by atoms with Crippen LogP contribution in [-0.4, -0.2) is 60.4 Å². The summed E-state index contributed by atoms with van der Waals surface area (Å²) < 4.78 is 13.0. The second-order valence-corrected chi connectivity index (χ2v) is 8.31. The van der Waals surface area contributed by atoms with Gasteiger partial charge in [-0.05, 0) is 62.2 Å². The van der Waals surface area contributed by atoms with E-state index in [9.17, 15) is 14.0 Å². The van der Waals surface area contributed by atoms with Crippen LogP contribution in [0.4, 0.5) is 10.1 Å². The van der Waals surface area contributed by atoms with E-state index >= 15 is 0 Å². The Bertz CT molecular complexity index is 892. The monoisotopic (exact) mass is 385 g/mol. The minimum Gasteiger partial charge on any atom is -0.339 e. The molecule has 2 fully saturated rings. The summed E-state index contributed by atoms with van der Waals surface area (Å²) in [6, 6.07) is 15.9. The van der Waals surface area contributed by atoms with Gasteiger partial charge in [0, 0.05) is 37.8 Å². The van der Waals surface area contributed by atoms with Crippen LogP contribution in [0.25, 0.3) is 0 Å². The van der Waals surface area contributed by atoms with Crippen molar-refractivity contribution in [2.45, 2.75) is 31.2 Å². The molecule has 6 heteroatoms. The van der Waals surface area contributed by atoms with Gasteiger partial charge in [-0.15, -0.1) is 0 Å². The van der Waals surface area contributed by atoms with Gasteiger partial charge in [-0.1, -0.05) is 18.2 Å². The highest BCUT2D eigenvalue weighted by atomic mass is 19.1. The van der Waals surface area contributed by atoms with Crippen molar-refractivity contribution in [2.75, 3.05) is 38.3 Å². The Balaban J connectivity index is 1.33. The van der Waals surface area contributed by atoms with Crippen molar-refractivity contribution >= 4 is 17.4 Å². The highest BCUT2D eigenvalue weighted by molar-refractivity contribution is 5.96. The number of Topliss-reactive ketones (excluding diaryl/α,β-unsaturated/α-hetero) is 1. The molecule has 0 N–H and O–H groups in total. The number of carbonyl (C=O) groups is 2. The second-order valence-electron chi connectivity index (χ2n) is 8.31. The summed E-state index contributed by atoms with van der Waals surface area (Å²) in [6.07, 6.45) is 2.79. The van der Waals surface area contributed by atoms with Crippen molar-refractivity contribution in [1.29, 1.82) is 0 Å². The van der Waals surface area contributed by atoms with Crippen LogP contribution in [0.1, 0.15) is 36.0 Å². The van der Waals surface area contributed by atoms with Gasteiger partial charge in [0.15, 0.2) is 5.78 Å². The maximum Gasteiger partial charge on any atom is 0.249 e. The molecule has 158 valence electrons. The number of halogens is 1. The molecule has 2 aromatic rings. The largest absolute Gasteiger partial charge is 0.339 e.